The lowest BCUT2D eigenvalue weighted by Gasteiger charge is -2.33. The molecule has 10 rings (SSSR count). The van der Waals surface area contributed by atoms with Crippen LogP contribution in [0.15, 0.2) is 78.0 Å². The third kappa shape index (κ3) is 7.14. The van der Waals surface area contributed by atoms with Gasteiger partial charge in [0, 0.05) is 83.4 Å². The van der Waals surface area contributed by atoms with Crippen LogP contribution in [0.1, 0.15) is 96.5 Å². The largest absolute Gasteiger partial charge is 0.382 e. The van der Waals surface area contributed by atoms with Gasteiger partial charge in [0.25, 0.3) is 5.91 Å². The zero-order valence-electron chi connectivity index (χ0n) is 33.2. The molecule has 3 fully saturated rings. The first kappa shape index (κ1) is 37.6. The Bertz CT molecular complexity index is 2490. The molecular formula is C45H47ClN10O3. The van der Waals surface area contributed by atoms with Crippen LogP contribution >= 0.6 is 11.6 Å². The van der Waals surface area contributed by atoms with Crippen molar-refractivity contribution >= 4 is 40.7 Å². The molecule has 4 aliphatic heterocycles. The van der Waals surface area contributed by atoms with Gasteiger partial charge in [-0.3, -0.25) is 33.9 Å². The number of fused-ring (bicyclic) bond motifs is 5. The second kappa shape index (κ2) is 15.2. The fourth-order valence-corrected chi connectivity index (χ4v) is 9.45. The molecular weight excluding hydrogens is 764 g/mol. The molecule has 1 spiro atoms. The molecule has 1 unspecified atom stereocenters. The maximum absolute atomic E-state index is 13.3. The normalized spacial score (nSPS) is 19.9. The Morgan fingerprint density at radius 1 is 0.881 bits per heavy atom. The van der Waals surface area contributed by atoms with E-state index < -0.39 is 6.04 Å². The Morgan fingerprint density at radius 3 is 2.47 bits per heavy atom. The number of halogens is 1. The summed E-state index contributed by atoms with van der Waals surface area (Å²) < 4.78 is 4.24. The molecule has 6 heterocycles. The van der Waals surface area contributed by atoms with Crippen LogP contribution in [0.3, 0.4) is 0 Å². The maximum atomic E-state index is 13.3. The van der Waals surface area contributed by atoms with Gasteiger partial charge in [-0.15, -0.1) is 10.2 Å². The lowest BCUT2D eigenvalue weighted by Crippen LogP contribution is -2.52. The molecule has 2 N–H and O–H groups in total. The number of hydrogen-bond donors (Lipinski definition) is 2. The van der Waals surface area contributed by atoms with Gasteiger partial charge in [-0.25, -0.2) is 0 Å². The minimum atomic E-state index is -0.609. The highest BCUT2D eigenvalue weighted by Crippen LogP contribution is 2.52. The minimum absolute atomic E-state index is 0.139. The molecule has 1 atom stereocenters. The van der Waals surface area contributed by atoms with E-state index in [2.05, 4.69) is 59.4 Å². The summed E-state index contributed by atoms with van der Waals surface area (Å²) >= 11 is 6.30. The van der Waals surface area contributed by atoms with Gasteiger partial charge in [0.2, 0.25) is 11.8 Å². The molecule has 14 heteroatoms. The van der Waals surface area contributed by atoms with Crippen molar-refractivity contribution in [1.29, 1.82) is 0 Å². The molecule has 0 radical (unpaired) electrons. The number of anilines is 1. The Balaban J connectivity index is 0.723. The molecule has 0 bridgehead atoms. The summed E-state index contributed by atoms with van der Waals surface area (Å²) in [5.41, 5.74) is 8.43. The summed E-state index contributed by atoms with van der Waals surface area (Å²) in [5, 5.41) is 20.6. The standard InChI is InChI=1S/C45H47ClN10O3/c1-28-51-52-44-45(18-19-45)50-41(29-8-11-32(46)12-9-29)35-24-30(10-13-38(35)56(28)44)31-25-47-54(26-31)21-4-2-3-20-53-22-16-33(17-23-53)48-37-7-5-6-34-36(37)27-55(43(34)59)39-14-15-40(57)49-42(39)58/h5-13,24-26,33,39,48H,2-4,14-23,27H2,1H3,(H,49,57,58). The number of aromatic nitrogens is 5. The molecule has 1 aliphatic carbocycles. The lowest BCUT2D eigenvalue weighted by atomic mass is 9.96. The van der Waals surface area contributed by atoms with E-state index in [0.717, 1.165) is 128 Å². The summed E-state index contributed by atoms with van der Waals surface area (Å²) in [4.78, 5) is 47.0. The minimum Gasteiger partial charge on any atom is -0.382 e. The number of hydrogen-bond acceptors (Lipinski definition) is 9. The third-order valence-electron chi connectivity index (χ3n) is 12.8. The quantitative estimate of drug-likeness (QED) is 0.115. The molecule has 2 aromatic heterocycles. The molecule has 2 saturated heterocycles. The first-order chi connectivity index (χ1) is 28.7. The topological polar surface area (TPSA) is 143 Å². The number of unbranched alkanes of at least 4 members (excludes halogenated alkanes) is 2. The highest BCUT2D eigenvalue weighted by atomic mass is 35.5. The van der Waals surface area contributed by atoms with Crippen LogP contribution in [0.5, 0.6) is 0 Å². The fraction of sp³-hybridized carbons (Fsp3) is 0.400. The Morgan fingerprint density at radius 2 is 1.68 bits per heavy atom. The van der Waals surface area contributed by atoms with Gasteiger partial charge in [0.05, 0.1) is 17.6 Å². The lowest BCUT2D eigenvalue weighted by molar-refractivity contribution is -0.136. The number of nitrogens with zero attached hydrogens (tertiary/aromatic N) is 8. The number of carbonyl (C=O) groups excluding carboxylic acids is 3. The second-order valence-electron chi connectivity index (χ2n) is 16.7. The van der Waals surface area contributed by atoms with Crippen molar-refractivity contribution < 1.29 is 14.4 Å². The van der Waals surface area contributed by atoms with Crippen molar-refractivity contribution in [1.82, 2.24) is 39.7 Å². The van der Waals surface area contributed by atoms with E-state index >= 15 is 0 Å². The van der Waals surface area contributed by atoms with E-state index in [0.29, 0.717) is 29.6 Å². The van der Waals surface area contributed by atoms with Crippen molar-refractivity contribution in [2.24, 2.45) is 4.99 Å². The number of amides is 3. The second-order valence-corrected chi connectivity index (χ2v) is 17.1. The van der Waals surface area contributed by atoms with Crippen LogP contribution in [-0.2, 0) is 28.2 Å². The van der Waals surface area contributed by atoms with Gasteiger partial charge in [-0.05, 0) is 100 Å². The summed E-state index contributed by atoms with van der Waals surface area (Å²) in [5.74, 6) is 0.971. The number of likely N-dealkylation sites (tertiary alicyclic amines) is 1. The van der Waals surface area contributed by atoms with E-state index in [-0.39, 0.29) is 29.7 Å². The fourth-order valence-electron chi connectivity index (χ4n) is 9.32. The van der Waals surface area contributed by atoms with E-state index in [9.17, 15) is 14.4 Å². The first-order valence-electron chi connectivity index (χ1n) is 20.9. The first-order valence-corrected chi connectivity index (χ1v) is 21.3. The van der Waals surface area contributed by atoms with Crippen LogP contribution < -0.4 is 10.6 Å². The zero-order valence-corrected chi connectivity index (χ0v) is 33.9. The van der Waals surface area contributed by atoms with E-state index in [4.69, 9.17) is 21.7 Å². The van der Waals surface area contributed by atoms with Crippen molar-refractivity contribution in [2.45, 2.75) is 95.4 Å². The number of carbonyl (C=O) groups is 3. The molecule has 59 heavy (non-hydrogen) atoms. The van der Waals surface area contributed by atoms with E-state index in [1.54, 1.807) is 4.90 Å². The van der Waals surface area contributed by atoms with Gasteiger partial charge in [-0.2, -0.15) is 5.10 Å². The van der Waals surface area contributed by atoms with E-state index in [1.165, 1.54) is 0 Å². The molecule has 5 aromatic rings. The third-order valence-corrected chi connectivity index (χ3v) is 13.0. The van der Waals surface area contributed by atoms with Crippen molar-refractivity contribution in [2.75, 3.05) is 25.0 Å². The molecule has 5 aliphatic rings. The molecule has 3 amide bonds. The van der Waals surface area contributed by atoms with Gasteiger partial charge >= 0.3 is 0 Å². The molecule has 302 valence electrons. The average molecular weight is 811 g/mol. The number of aryl methyl sites for hydroxylation is 2. The summed E-state index contributed by atoms with van der Waals surface area (Å²) in [6, 6.07) is 20.0. The van der Waals surface area contributed by atoms with Gasteiger partial charge < -0.3 is 15.1 Å². The highest BCUT2D eigenvalue weighted by Gasteiger charge is 2.51. The van der Waals surface area contributed by atoms with Crippen LogP contribution in [-0.4, -0.2) is 89.5 Å². The SMILES string of the molecule is Cc1nnc2n1-c1ccc(-c3cnn(CCCCCN4CCC(Nc5cccc6c5CN(C5CCC(=O)NC5=O)C6=O)CC4)c3)cc1C(c1ccc(Cl)cc1)=NC21CC1. The zero-order chi connectivity index (χ0) is 40.3. The molecule has 3 aromatic carbocycles. The predicted octanol–water partition coefficient (Wildman–Crippen LogP) is 6.44. The predicted molar refractivity (Wildman–Crippen MR) is 225 cm³/mol. The summed E-state index contributed by atoms with van der Waals surface area (Å²) in [7, 11) is 0. The smallest absolute Gasteiger partial charge is 0.255 e. The number of imide groups is 1. The van der Waals surface area contributed by atoms with Gasteiger partial charge in [-0.1, -0.05) is 42.3 Å². The number of rotatable bonds is 11. The van der Waals surface area contributed by atoms with Crippen molar-refractivity contribution in [3.63, 3.8) is 0 Å². The van der Waals surface area contributed by atoms with Crippen molar-refractivity contribution in [3.05, 3.63) is 112 Å². The Kier molecular flexibility index (Phi) is 9.67. The number of nitrogens with one attached hydrogen (secondary N) is 2. The van der Waals surface area contributed by atoms with Crippen LogP contribution in [0.2, 0.25) is 5.02 Å². The summed E-state index contributed by atoms with van der Waals surface area (Å²) in [6.45, 7) is 6.39. The Labute approximate surface area is 347 Å². The van der Waals surface area contributed by atoms with Crippen LogP contribution in [0.4, 0.5) is 5.69 Å². The number of aliphatic imine (C=N–C) groups is 1. The van der Waals surface area contributed by atoms with Gasteiger partial charge in [0.15, 0.2) is 5.82 Å². The Hall–Kier alpha value is -5.66. The highest BCUT2D eigenvalue weighted by molar-refractivity contribution is 6.30. The summed E-state index contributed by atoms with van der Waals surface area (Å²) in [6.07, 6.45) is 12.0. The maximum Gasteiger partial charge on any atom is 0.255 e. The molecule has 13 nitrogen and oxygen atoms in total. The van der Waals surface area contributed by atoms with Crippen LogP contribution in [0.25, 0.3) is 16.8 Å². The number of piperidine rings is 2. The van der Waals surface area contributed by atoms with Crippen molar-refractivity contribution in [3.8, 4) is 16.8 Å². The average Bonchev–Trinajstić information content (AvgIpc) is 3.52. The monoisotopic (exact) mass is 810 g/mol. The van der Waals surface area contributed by atoms with Gasteiger partial charge in [0.1, 0.15) is 17.4 Å². The van der Waals surface area contributed by atoms with E-state index in [1.807, 2.05) is 55.6 Å². The number of benzene rings is 3. The van der Waals surface area contributed by atoms with Crippen LogP contribution in [0, 0.1) is 6.92 Å². The molecule has 1 saturated carbocycles.